The monoisotopic (exact) mass is 166 g/mol. The lowest BCUT2D eigenvalue weighted by Crippen LogP contribution is -2.46. The molecular weight excluding hydrogens is 154 g/mol. The minimum atomic E-state index is -3.04. The van der Waals surface area contributed by atoms with E-state index in [0.717, 1.165) is 6.92 Å². The van der Waals surface area contributed by atoms with Crippen LogP contribution < -0.4 is 0 Å². The Hall–Kier alpha value is -0.220. The average Bonchev–Trinajstić information content (AvgIpc) is 2.05. The van der Waals surface area contributed by atoms with E-state index < -0.39 is 17.4 Å². The normalized spacial score (nSPS) is 42.8. The summed E-state index contributed by atoms with van der Waals surface area (Å²) >= 11 is 0. The third-order valence-electron chi connectivity index (χ3n) is 2.56. The quantitative estimate of drug-likeness (QED) is 0.604. The first-order chi connectivity index (χ1) is 4.92. The summed E-state index contributed by atoms with van der Waals surface area (Å²) in [6, 6.07) is 0. The SMILES string of the molecule is C[C@@]1(O)[C@H](CO)CCC1(F)F. The Bertz CT molecular complexity index is 157. The van der Waals surface area contributed by atoms with Gasteiger partial charge in [0.2, 0.25) is 0 Å². The second kappa shape index (κ2) is 2.38. The van der Waals surface area contributed by atoms with Crippen molar-refractivity contribution in [1.29, 1.82) is 0 Å². The molecule has 4 heteroatoms. The van der Waals surface area contributed by atoms with E-state index in [-0.39, 0.29) is 19.4 Å². The number of hydrogen-bond acceptors (Lipinski definition) is 2. The zero-order valence-electron chi connectivity index (χ0n) is 6.35. The Balaban J connectivity index is 2.81. The number of aliphatic hydroxyl groups excluding tert-OH is 1. The third kappa shape index (κ3) is 1.14. The maximum absolute atomic E-state index is 12.8. The van der Waals surface area contributed by atoms with Gasteiger partial charge < -0.3 is 10.2 Å². The van der Waals surface area contributed by atoms with E-state index in [1.165, 1.54) is 0 Å². The molecule has 0 spiro atoms. The van der Waals surface area contributed by atoms with E-state index in [4.69, 9.17) is 5.11 Å². The van der Waals surface area contributed by atoms with Crippen LogP contribution in [0.4, 0.5) is 8.78 Å². The lowest BCUT2D eigenvalue weighted by Gasteiger charge is -2.29. The van der Waals surface area contributed by atoms with E-state index in [1.54, 1.807) is 0 Å². The van der Waals surface area contributed by atoms with Gasteiger partial charge in [-0.15, -0.1) is 0 Å². The number of alkyl halides is 2. The van der Waals surface area contributed by atoms with Crippen LogP contribution in [0.5, 0.6) is 0 Å². The van der Waals surface area contributed by atoms with Gasteiger partial charge in [-0.05, 0) is 13.3 Å². The second-order valence-electron chi connectivity index (χ2n) is 3.27. The Morgan fingerprint density at radius 2 is 2.09 bits per heavy atom. The highest BCUT2D eigenvalue weighted by Crippen LogP contribution is 2.46. The summed E-state index contributed by atoms with van der Waals surface area (Å²) in [6.07, 6.45) is -0.137. The molecule has 1 aliphatic rings. The molecule has 0 aromatic rings. The Morgan fingerprint density at radius 3 is 2.27 bits per heavy atom. The van der Waals surface area contributed by atoms with Crippen LogP contribution in [0.15, 0.2) is 0 Å². The Morgan fingerprint density at radius 1 is 1.55 bits per heavy atom. The summed E-state index contributed by atoms with van der Waals surface area (Å²) < 4.78 is 25.6. The molecule has 1 saturated carbocycles. The van der Waals surface area contributed by atoms with Crippen molar-refractivity contribution in [2.24, 2.45) is 5.92 Å². The predicted molar refractivity (Wildman–Crippen MR) is 35.4 cm³/mol. The van der Waals surface area contributed by atoms with E-state index in [2.05, 4.69) is 0 Å². The minimum Gasteiger partial charge on any atom is -0.396 e. The van der Waals surface area contributed by atoms with Crippen LogP contribution in [0.1, 0.15) is 19.8 Å². The molecule has 0 saturated heterocycles. The molecule has 0 aromatic carbocycles. The topological polar surface area (TPSA) is 40.5 Å². The van der Waals surface area contributed by atoms with Gasteiger partial charge in [0.25, 0.3) is 5.92 Å². The van der Waals surface area contributed by atoms with Gasteiger partial charge in [0.15, 0.2) is 0 Å². The van der Waals surface area contributed by atoms with Gasteiger partial charge in [-0.3, -0.25) is 0 Å². The lowest BCUT2D eigenvalue weighted by atomic mass is 9.92. The average molecular weight is 166 g/mol. The largest absolute Gasteiger partial charge is 0.396 e. The first kappa shape index (κ1) is 8.87. The number of halogens is 2. The van der Waals surface area contributed by atoms with E-state index in [0.29, 0.717) is 0 Å². The van der Waals surface area contributed by atoms with Gasteiger partial charge in [0, 0.05) is 18.9 Å². The summed E-state index contributed by atoms with van der Waals surface area (Å²) in [5.41, 5.74) is -2.03. The van der Waals surface area contributed by atoms with Crippen molar-refractivity contribution in [2.75, 3.05) is 6.61 Å². The zero-order valence-corrected chi connectivity index (χ0v) is 6.35. The van der Waals surface area contributed by atoms with Crippen molar-refractivity contribution in [3.05, 3.63) is 0 Å². The van der Waals surface area contributed by atoms with Crippen molar-refractivity contribution < 1.29 is 19.0 Å². The van der Waals surface area contributed by atoms with Gasteiger partial charge in [-0.2, -0.15) is 0 Å². The highest BCUT2D eigenvalue weighted by atomic mass is 19.3. The second-order valence-corrected chi connectivity index (χ2v) is 3.27. The fourth-order valence-corrected chi connectivity index (χ4v) is 1.46. The van der Waals surface area contributed by atoms with Crippen molar-refractivity contribution >= 4 is 0 Å². The van der Waals surface area contributed by atoms with Gasteiger partial charge >= 0.3 is 0 Å². The molecule has 0 aliphatic heterocycles. The molecule has 0 amide bonds. The maximum Gasteiger partial charge on any atom is 0.276 e. The predicted octanol–water partition coefficient (Wildman–Crippen LogP) is 0.775. The molecule has 1 rings (SSSR count). The fraction of sp³-hybridized carbons (Fsp3) is 1.00. The first-order valence-electron chi connectivity index (χ1n) is 3.63. The molecule has 0 radical (unpaired) electrons. The molecule has 1 fully saturated rings. The van der Waals surface area contributed by atoms with Crippen molar-refractivity contribution in [2.45, 2.75) is 31.3 Å². The number of hydrogen-bond donors (Lipinski definition) is 2. The van der Waals surface area contributed by atoms with Gasteiger partial charge in [-0.25, -0.2) is 8.78 Å². The summed E-state index contributed by atoms with van der Waals surface area (Å²) in [4.78, 5) is 0. The molecule has 0 unspecified atom stereocenters. The molecule has 66 valence electrons. The Labute approximate surface area is 63.8 Å². The van der Waals surface area contributed by atoms with Crippen LogP contribution in [-0.2, 0) is 0 Å². The van der Waals surface area contributed by atoms with Crippen molar-refractivity contribution in [3.8, 4) is 0 Å². The van der Waals surface area contributed by atoms with Crippen LogP contribution >= 0.6 is 0 Å². The Kier molecular flexibility index (Phi) is 1.92. The van der Waals surface area contributed by atoms with Crippen molar-refractivity contribution in [1.82, 2.24) is 0 Å². The first-order valence-corrected chi connectivity index (χ1v) is 3.63. The summed E-state index contributed by atoms with van der Waals surface area (Å²) in [5.74, 6) is -3.72. The summed E-state index contributed by atoms with van der Waals surface area (Å²) in [7, 11) is 0. The maximum atomic E-state index is 12.8. The van der Waals surface area contributed by atoms with Crippen LogP contribution in [-0.4, -0.2) is 28.3 Å². The highest BCUT2D eigenvalue weighted by Gasteiger charge is 2.58. The van der Waals surface area contributed by atoms with Gasteiger partial charge in [-0.1, -0.05) is 0 Å². The fourth-order valence-electron chi connectivity index (χ4n) is 1.46. The number of aliphatic hydroxyl groups is 2. The lowest BCUT2D eigenvalue weighted by molar-refractivity contribution is -0.170. The van der Waals surface area contributed by atoms with Crippen molar-refractivity contribution in [3.63, 3.8) is 0 Å². The van der Waals surface area contributed by atoms with Gasteiger partial charge in [0.1, 0.15) is 5.60 Å². The minimum absolute atomic E-state index is 0.191. The molecule has 0 bridgehead atoms. The summed E-state index contributed by atoms with van der Waals surface area (Å²) in [5, 5.41) is 17.9. The third-order valence-corrected chi connectivity index (χ3v) is 2.56. The van der Waals surface area contributed by atoms with Crippen LogP contribution in [0.25, 0.3) is 0 Å². The molecule has 0 aromatic heterocycles. The van der Waals surface area contributed by atoms with Crippen LogP contribution in [0.3, 0.4) is 0 Å². The zero-order chi connectivity index (χ0) is 8.70. The van der Waals surface area contributed by atoms with Crippen LogP contribution in [0.2, 0.25) is 0 Å². The summed E-state index contributed by atoms with van der Waals surface area (Å²) in [6.45, 7) is 0.712. The highest BCUT2D eigenvalue weighted by molar-refractivity contribution is 5.00. The molecule has 1 aliphatic carbocycles. The van der Waals surface area contributed by atoms with Crippen LogP contribution in [0, 0.1) is 5.92 Å². The smallest absolute Gasteiger partial charge is 0.276 e. The van der Waals surface area contributed by atoms with Gasteiger partial charge in [0.05, 0.1) is 0 Å². The van der Waals surface area contributed by atoms with E-state index in [1.807, 2.05) is 0 Å². The molecule has 2 N–H and O–H groups in total. The van der Waals surface area contributed by atoms with E-state index >= 15 is 0 Å². The molecule has 0 heterocycles. The molecule has 11 heavy (non-hydrogen) atoms. The number of rotatable bonds is 1. The van der Waals surface area contributed by atoms with E-state index in [9.17, 15) is 13.9 Å². The molecule has 2 nitrogen and oxygen atoms in total. The standard InChI is InChI=1S/C7H12F2O2/c1-6(11)5(4-10)2-3-7(6,8)9/h5,10-11H,2-4H2,1H3/t5-,6+/m0/s1. The molecular formula is C7H12F2O2. The molecule has 2 atom stereocenters.